The summed E-state index contributed by atoms with van der Waals surface area (Å²) >= 11 is 0. The molecule has 31 heavy (non-hydrogen) atoms. The Bertz CT molecular complexity index is 1220. The van der Waals surface area contributed by atoms with E-state index in [1.807, 2.05) is 0 Å². The number of anilines is 1. The number of Topliss-reactive ketones (excluding diaryl/α,β-unsaturated/α-hetero) is 1. The van der Waals surface area contributed by atoms with Gasteiger partial charge in [-0.3, -0.25) is 14.5 Å². The van der Waals surface area contributed by atoms with E-state index in [0.29, 0.717) is 11.3 Å². The molecule has 1 N–H and O–H groups in total. The maximum atomic E-state index is 14.5. The highest BCUT2D eigenvalue weighted by molar-refractivity contribution is 6.51. The zero-order chi connectivity index (χ0) is 22.3. The minimum Gasteiger partial charge on any atom is -0.507 e. The minimum atomic E-state index is -1.28. The van der Waals surface area contributed by atoms with Crippen LogP contribution in [0.25, 0.3) is 5.76 Å². The number of carbonyl (C=O) groups excluding carboxylic acids is 2. The van der Waals surface area contributed by atoms with E-state index in [4.69, 9.17) is 9.15 Å². The van der Waals surface area contributed by atoms with Crippen molar-refractivity contribution in [1.82, 2.24) is 0 Å². The van der Waals surface area contributed by atoms with E-state index in [1.54, 1.807) is 19.1 Å². The highest BCUT2D eigenvalue weighted by atomic mass is 19.1. The van der Waals surface area contributed by atoms with Crippen molar-refractivity contribution in [1.29, 1.82) is 0 Å². The van der Waals surface area contributed by atoms with Gasteiger partial charge < -0.3 is 14.3 Å². The fourth-order valence-electron chi connectivity index (χ4n) is 3.65. The van der Waals surface area contributed by atoms with Crippen LogP contribution in [0.1, 0.15) is 22.9 Å². The third-order valence-corrected chi connectivity index (χ3v) is 5.09. The Hall–Kier alpha value is -3.94. The van der Waals surface area contributed by atoms with Gasteiger partial charge in [0.25, 0.3) is 11.7 Å². The first-order valence-corrected chi connectivity index (χ1v) is 9.28. The van der Waals surface area contributed by atoms with Crippen LogP contribution in [0.4, 0.5) is 14.5 Å². The summed E-state index contributed by atoms with van der Waals surface area (Å²) in [4.78, 5) is 26.6. The molecule has 0 bridgehead atoms. The number of amides is 1. The molecule has 1 saturated heterocycles. The van der Waals surface area contributed by atoms with Crippen LogP contribution in [0.3, 0.4) is 0 Å². The van der Waals surface area contributed by atoms with E-state index >= 15 is 0 Å². The van der Waals surface area contributed by atoms with Crippen LogP contribution in [0, 0.1) is 18.6 Å². The minimum absolute atomic E-state index is 0.106. The Morgan fingerprint density at radius 1 is 1.13 bits per heavy atom. The maximum absolute atomic E-state index is 14.5. The maximum Gasteiger partial charge on any atom is 0.300 e. The first-order chi connectivity index (χ1) is 14.8. The van der Waals surface area contributed by atoms with Crippen molar-refractivity contribution < 1.29 is 32.6 Å². The van der Waals surface area contributed by atoms with Crippen LogP contribution in [0.5, 0.6) is 5.75 Å². The van der Waals surface area contributed by atoms with Gasteiger partial charge in [0.2, 0.25) is 0 Å². The van der Waals surface area contributed by atoms with E-state index in [-0.39, 0.29) is 16.9 Å². The van der Waals surface area contributed by atoms with E-state index in [2.05, 4.69) is 0 Å². The molecule has 8 heteroatoms. The fourth-order valence-corrected chi connectivity index (χ4v) is 3.65. The van der Waals surface area contributed by atoms with Gasteiger partial charge in [-0.1, -0.05) is 0 Å². The van der Waals surface area contributed by atoms with Crippen molar-refractivity contribution in [3.63, 3.8) is 0 Å². The quantitative estimate of drug-likeness (QED) is 0.378. The van der Waals surface area contributed by atoms with Crippen LogP contribution >= 0.6 is 0 Å². The predicted octanol–water partition coefficient (Wildman–Crippen LogP) is 4.50. The second-order valence-electron chi connectivity index (χ2n) is 6.96. The van der Waals surface area contributed by atoms with Gasteiger partial charge in [0.05, 0.1) is 24.6 Å². The molecule has 4 rings (SSSR count). The molecule has 1 aliphatic rings. The number of halogens is 2. The summed E-state index contributed by atoms with van der Waals surface area (Å²) in [5.74, 6) is -3.64. The summed E-state index contributed by atoms with van der Waals surface area (Å²) in [6, 6.07) is 9.01. The highest BCUT2D eigenvalue weighted by Gasteiger charge is 2.49. The van der Waals surface area contributed by atoms with Crippen LogP contribution in [0.2, 0.25) is 0 Å². The second-order valence-corrected chi connectivity index (χ2v) is 6.96. The molecule has 6 nitrogen and oxygen atoms in total. The summed E-state index contributed by atoms with van der Waals surface area (Å²) in [7, 11) is 1.50. The zero-order valence-corrected chi connectivity index (χ0v) is 16.6. The third-order valence-electron chi connectivity index (χ3n) is 5.09. The topological polar surface area (TPSA) is 80.0 Å². The summed E-state index contributed by atoms with van der Waals surface area (Å²) in [5, 5.41) is 11.0. The molecule has 1 amide bonds. The number of furan rings is 1. The Morgan fingerprint density at radius 2 is 1.90 bits per heavy atom. The van der Waals surface area contributed by atoms with Gasteiger partial charge in [0.1, 0.15) is 34.9 Å². The molecule has 1 unspecified atom stereocenters. The molecule has 158 valence electrons. The number of ether oxygens (including phenoxy) is 1. The number of aliphatic hydroxyl groups is 1. The lowest BCUT2D eigenvalue weighted by Crippen LogP contribution is -2.30. The molecule has 1 atom stereocenters. The zero-order valence-electron chi connectivity index (χ0n) is 16.6. The molecular formula is C23H17F2NO5. The van der Waals surface area contributed by atoms with E-state index < -0.39 is 40.8 Å². The summed E-state index contributed by atoms with van der Waals surface area (Å²) < 4.78 is 39.0. The van der Waals surface area contributed by atoms with Gasteiger partial charge in [-0.15, -0.1) is 0 Å². The van der Waals surface area contributed by atoms with Crippen molar-refractivity contribution in [3.05, 3.63) is 88.9 Å². The number of hydrogen-bond acceptors (Lipinski definition) is 5. The van der Waals surface area contributed by atoms with Crippen LogP contribution in [-0.4, -0.2) is 23.9 Å². The lowest BCUT2D eigenvalue weighted by atomic mass is 9.98. The van der Waals surface area contributed by atoms with Crippen molar-refractivity contribution in [2.45, 2.75) is 13.0 Å². The number of benzene rings is 2. The normalized spacial score (nSPS) is 17.9. The third kappa shape index (κ3) is 3.35. The Morgan fingerprint density at radius 3 is 2.55 bits per heavy atom. The summed E-state index contributed by atoms with van der Waals surface area (Å²) in [6.07, 6.45) is 1.31. The summed E-state index contributed by atoms with van der Waals surface area (Å²) in [6.45, 7) is 1.75. The van der Waals surface area contributed by atoms with Gasteiger partial charge in [-0.2, -0.15) is 0 Å². The molecule has 2 aromatic carbocycles. The average Bonchev–Trinajstić information content (AvgIpc) is 3.36. The molecule has 1 fully saturated rings. The molecule has 1 aromatic heterocycles. The number of aryl methyl sites for hydroxylation is 1. The molecule has 2 heterocycles. The number of hydrogen-bond donors (Lipinski definition) is 1. The summed E-state index contributed by atoms with van der Waals surface area (Å²) in [5.41, 5.74) is 0.209. The van der Waals surface area contributed by atoms with E-state index in [1.165, 1.54) is 31.6 Å². The first kappa shape index (κ1) is 20.3. The number of rotatable bonds is 4. The van der Waals surface area contributed by atoms with Crippen molar-refractivity contribution in [2.24, 2.45) is 0 Å². The first-order valence-electron chi connectivity index (χ1n) is 9.28. The number of carbonyl (C=O) groups is 2. The van der Waals surface area contributed by atoms with Gasteiger partial charge in [-0.05, 0) is 55.0 Å². The van der Waals surface area contributed by atoms with Gasteiger partial charge >= 0.3 is 0 Å². The SMILES string of the molecule is COc1ccc(/C(O)=C2/C(=O)C(=O)N(c3cc(F)ccc3F)C2c2ccco2)cc1C. The highest BCUT2D eigenvalue weighted by Crippen LogP contribution is 2.43. The molecule has 0 spiro atoms. The largest absolute Gasteiger partial charge is 0.507 e. The molecule has 0 aliphatic carbocycles. The Kier molecular flexibility index (Phi) is 5.06. The number of methoxy groups -OCH3 is 1. The number of ketones is 1. The second kappa shape index (κ2) is 7.71. The number of aliphatic hydroxyl groups excluding tert-OH is 1. The molecule has 3 aromatic rings. The smallest absolute Gasteiger partial charge is 0.300 e. The monoisotopic (exact) mass is 425 g/mol. The van der Waals surface area contributed by atoms with Crippen molar-refractivity contribution >= 4 is 23.1 Å². The molecule has 0 saturated carbocycles. The number of nitrogens with zero attached hydrogens (tertiary/aromatic N) is 1. The van der Waals surface area contributed by atoms with Gasteiger partial charge in [-0.25, -0.2) is 8.78 Å². The van der Waals surface area contributed by atoms with Gasteiger partial charge in [0.15, 0.2) is 0 Å². The lowest BCUT2D eigenvalue weighted by Gasteiger charge is -2.23. The molecule has 0 radical (unpaired) electrons. The van der Waals surface area contributed by atoms with Crippen LogP contribution < -0.4 is 9.64 Å². The van der Waals surface area contributed by atoms with E-state index in [9.17, 15) is 23.5 Å². The van der Waals surface area contributed by atoms with Crippen molar-refractivity contribution in [2.75, 3.05) is 12.0 Å². The van der Waals surface area contributed by atoms with Crippen molar-refractivity contribution in [3.8, 4) is 5.75 Å². The fraction of sp³-hybridized carbons (Fsp3) is 0.130. The van der Waals surface area contributed by atoms with Gasteiger partial charge in [0, 0.05) is 11.6 Å². The average molecular weight is 425 g/mol. The van der Waals surface area contributed by atoms with E-state index in [0.717, 1.165) is 23.1 Å². The Labute approximate surface area is 176 Å². The Balaban J connectivity index is 1.94. The molecule has 1 aliphatic heterocycles. The molecular weight excluding hydrogens is 408 g/mol. The van der Waals surface area contributed by atoms with Crippen LogP contribution in [-0.2, 0) is 9.59 Å². The predicted molar refractivity (Wildman–Crippen MR) is 108 cm³/mol. The van der Waals surface area contributed by atoms with Crippen LogP contribution in [0.15, 0.2) is 64.8 Å². The lowest BCUT2D eigenvalue weighted by molar-refractivity contribution is -0.132. The standard InChI is InChI=1S/C23H17F2NO5/c1-12-10-13(5-8-17(12)30-2)21(27)19-20(18-4-3-9-31-18)26(23(29)22(19)28)16-11-14(24)6-7-15(16)25/h3-11,20,27H,1-2H3/b21-19-.